The van der Waals surface area contributed by atoms with Crippen LogP contribution >= 0.6 is 35.6 Å². The first-order chi connectivity index (χ1) is 13.4. The lowest BCUT2D eigenvalue weighted by Crippen LogP contribution is -2.27. The van der Waals surface area contributed by atoms with Crippen molar-refractivity contribution in [2.24, 2.45) is 0 Å². The van der Waals surface area contributed by atoms with Crippen molar-refractivity contribution >= 4 is 51.9 Å². The summed E-state index contributed by atoms with van der Waals surface area (Å²) in [4.78, 5) is 15.0. The van der Waals surface area contributed by atoms with Crippen LogP contribution in [-0.2, 0) is 11.3 Å². The topological polar surface area (TPSA) is 38.8 Å². The molecule has 0 bridgehead atoms. The summed E-state index contributed by atoms with van der Waals surface area (Å²) in [6.45, 7) is 4.29. The van der Waals surface area contributed by atoms with Crippen molar-refractivity contribution in [3.8, 4) is 11.5 Å². The van der Waals surface area contributed by atoms with E-state index in [4.69, 9.17) is 33.3 Å². The van der Waals surface area contributed by atoms with Crippen molar-refractivity contribution in [1.82, 2.24) is 4.90 Å². The summed E-state index contributed by atoms with van der Waals surface area (Å²) in [6.07, 6.45) is 1.74. The van der Waals surface area contributed by atoms with E-state index in [0.717, 1.165) is 11.1 Å². The van der Waals surface area contributed by atoms with E-state index in [1.165, 1.54) is 11.8 Å². The fourth-order valence-corrected chi connectivity index (χ4v) is 4.25. The van der Waals surface area contributed by atoms with Gasteiger partial charge in [-0.15, -0.1) is 0 Å². The summed E-state index contributed by atoms with van der Waals surface area (Å²) in [5.74, 6) is 0.900. The monoisotopic (exact) mass is 433 g/mol. The zero-order chi connectivity index (χ0) is 20.3. The highest BCUT2D eigenvalue weighted by atomic mass is 35.5. The fourth-order valence-electron chi connectivity index (χ4n) is 2.73. The lowest BCUT2D eigenvalue weighted by Gasteiger charge is -2.16. The molecule has 0 aliphatic carbocycles. The number of hydrogen-bond acceptors (Lipinski definition) is 5. The summed E-state index contributed by atoms with van der Waals surface area (Å²) in [5, 5.41) is 0.430. The van der Waals surface area contributed by atoms with Crippen molar-refractivity contribution in [1.29, 1.82) is 0 Å². The second-order valence-electron chi connectivity index (χ2n) is 6.45. The quantitative estimate of drug-likeness (QED) is 0.442. The summed E-state index contributed by atoms with van der Waals surface area (Å²) in [7, 11) is 1.56. The molecule has 0 saturated carbocycles. The molecule has 2 aromatic rings. The van der Waals surface area contributed by atoms with Crippen LogP contribution in [0, 0.1) is 0 Å². The van der Waals surface area contributed by atoms with Crippen LogP contribution in [0.15, 0.2) is 47.4 Å². The van der Waals surface area contributed by atoms with E-state index >= 15 is 0 Å². The average molecular weight is 434 g/mol. The van der Waals surface area contributed by atoms with E-state index in [1.54, 1.807) is 30.2 Å². The third-order valence-corrected chi connectivity index (χ3v) is 5.62. The predicted molar refractivity (Wildman–Crippen MR) is 119 cm³/mol. The third kappa shape index (κ3) is 4.69. The Bertz CT molecular complexity index is 929. The van der Waals surface area contributed by atoms with Gasteiger partial charge in [-0.05, 0) is 43.2 Å². The van der Waals surface area contributed by atoms with Crippen molar-refractivity contribution < 1.29 is 14.3 Å². The van der Waals surface area contributed by atoms with Gasteiger partial charge in [0.15, 0.2) is 11.5 Å². The molecule has 4 nitrogen and oxygen atoms in total. The minimum atomic E-state index is -0.114. The molecule has 1 aliphatic heterocycles. The lowest BCUT2D eigenvalue weighted by atomic mass is 10.1. The maximum absolute atomic E-state index is 12.8. The molecule has 1 saturated heterocycles. The third-order valence-electron chi connectivity index (χ3n) is 3.96. The number of ether oxygens (including phenoxy) is 2. The van der Waals surface area contributed by atoms with Crippen LogP contribution in [0.3, 0.4) is 0 Å². The molecule has 28 heavy (non-hydrogen) atoms. The van der Waals surface area contributed by atoms with E-state index in [0.29, 0.717) is 32.3 Å². The van der Waals surface area contributed by atoms with Crippen LogP contribution in [0.4, 0.5) is 0 Å². The molecule has 0 atom stereocenters. The van der Waals surface area contributed by atoms with Gasteiger partial charge < -0.3 is 9.47 Å². The average Bonchev–Trinajstić information content (AvgIpc) is 2.91. The lowest BCUT2D eigenvalue weighted by molar-refractivity contribution is -0.122. The molecule has 1 heterocycles. The number of nitrogens with zero attached hydrogens (tertiary/aromatic N) is 1. The number of amides is 1. The zero-order valence-electron chi connectivity index (χ0n) is 15.8. The van der Waals surface area contributed by atoms with Gasteiger partial charge >= 0.3 is 0 Å². The van der Waals surface area contributed by atoms with E-state index in [-0.39, 0.29) is 12.0 Å². The highest BCUT2D eigenvalue weighted by molar-refractivity contribution is 8.26. The fraction of sp³-hybridized carbons (Fsp3) is 0.238. The Balaban J connectivity index is 1.86. The van der Waals surface area contributed by atoms with E-state index < -0.39 is 0 Å². The second-order valence-corrected chi connectivity index (χ2v) is 8.54. The minimum absolute atomic E-state index is 0.0357. The van der Waals surface area contributed by atoms with Gasteiger partial charge in [-0.2, -0.15) is 0 Å². The first kappa shape index (κ1) is 20.7. The summed E-state index contributed by atoms with van der Waals surface area (Å²) < 4.78 is 11.7. The maximum atomic E-state index is 12.8. The Morgan fingerprint density at radius 1 is 1.25 bits per heavy atom. The van der Waals surface area contributed by atoms with Crippen molar-refractivity contribution in [2.75, 3.05) is 7.11 Å². The molecule has 0 radical (unpaired) electrons. The van der Waals surface area contributed by atoms with Gasteiger partial charge in [-0.1, -0.05) is 65.9 Å². The second kappa shape index (κ2) is 8.99. The normalized spacial score (nSPS) is 15.6. The van der Waals surface area contributed by atoms with Gasteiger partial charge in [0.25, 0.3) is 5.91 Å². The Morgan fingerprint density at radius 2 is 1.96 bits per heavy atom. The van der Waals surface area contributed by atoms with Crippen LogP contribution in [-0.4, -0.2) is 28.3 Å². The number of carbonyl (C=O) groups is 1. The standard InChI is InChI=1S/C21H20ClNO3S2/c1-13(2)26-19-16(22)9-15(10-17(19)25-3)11-18-20(24)23(21(27)28-18)12-14-7-5-4-6-8-14/h4-11,13H,12H2,1-3H3/b18-11-. The molecule has 3 rings (SSSR count). The van der Waals surface area contributed by atoms with Crippen LogP contribution in [0.25, 0.3) is 6.08 Å². The number of halogens is 1. The maximum Gasteiger partial charge on any atom is 0.266 e. The Labute approximate surface area is 179 Å². The molecule has 146 valence electrons. The molecular weight excluding hydrogens is 414 g/mol. The number of thiocarbonyl (C=S) groups is 1. The number of thioether (sulfide) groups is 1. The summed E-state index contributed by atoms with van der Waals surface area (Å²) in [6, 6.07) is 13.3. The summed E-state index contributed by atoms with van der Waals surface area (Å²) >= 11 is 13.1. The van der Waals surface area contributed by atoms with Gasteiger partial charge in [-0.3, -0.25) is 9.69 Å². The first-order valence-electron chi connectivity index (χ1n) is 8.72. The van der Waals surface area contributed by atoms with Crippen LogP contribution in [0.1, 0.15) is 25.0 Å². The Hall–Kier alpha value is -2.02. The minimum Gasteiger partial charge on any atom is -0.493 e. The Morgan fingerprint density at radius 3 is 2.61 bits per heavy atom. The largest absolute Gasteiger partial charge is 0.493 e. The molecule has 1 fully saturated rings. The molecule has 0 unspecified atom stereocenters. The van der Waals surface area contributed by atoms with Gasteiger partial charge in [0.2, 0.25) is 0 Å². The summed E-state index contributed by atoms with van der Waals surface area (Å²) in [5.41, 5.74) is 1.78. The number of hydrogen-bond donors (Lipinski definition) is 0. The molecule has 0 aromatic heterocycles. The number of methoxy groups -OCH3 is 1. The van der Waals surface area contributed by atoms with E-state index in [9.17, 15) is 4.79 Å². The number of benzene rings is 2. The molecule has 2 aromatic carbocycles. The van der Waals surface area contributed by atoms with E-state index in [1.807, 2.05) is 44.2 Å². The molecular formula is C21H20ClNO3S2. The van der Waals surface area contributed by atoms with E-state index in [2.05, 4.69) is 0 Å². The number of carbonyl (C=O) groups excluding carboxylic acids is 1. The predicted octanol–water partition coefficient (Wildman–Crippen LogP) is 5.54. The molecule has 1 aliphatic rings. The van der Waals surface area contributed by atoms with Crippen LogP contribution in [0.2, 0.25) is 5.02 Å². The molecule has 7 heteroatoms. The Kier molecular flexibility index (Phi) is 6.65. The highest BCUT2D eigenvalue weighted by Crippen LogP contribution is 2.39. The molecule has 1 amide bonds. The van der Waals surface area contributed by atoms with Crippen molar-refractivity contribution in [2.45, 2.75) is 26.5 Å². The van der Waals surface area contributed by atoms with Gasteiger partial charge in [-0.25, -0.2) is 0 Å². The van der Waals surface area contributed by atoms with Crippen molar-refractivity contribution in [3.05, 3.63) is 63.5 Å². The smallest absolute Gasteiger partial charge is 0.266 e. The van der Waals surface area contributed by atoms with Crippen LogP contribution in [0.5, 0.6) is 11.5 Å². The highest BCUT2D eigenvalue weighted by Gasteiger charge is 2.32. The SMILES string of the molecule is COc1cc(/C=C2\SC(=S)N(Cc3ccccc3)C2=O)cc(Cl)c1OC(C)C. The van der Waals surface area contributed by atoms with Gasteiger partial charge in [0, 0.05) is 0 Å². The molecule has 0 spiro atoms. The number of rotatable bonds is 6. The van der Waals surface area contributed by atoms with Crippen molar-refractivity contribution in [3.63, 3.8) is 0 Å². The van der Waals surface area contributed by atoms with Gasteiger partial charge in [0.05, 0.1) is 29.7 Å². The zero-order valence-corrected chi connectivity index (χ0v) is 18.2. The first-order valence-corrected chi connectivity index (χ1v) is 10.3. The van der Waals surface area contributed by atoms with Crippen LogP contribution < -0.4 is 9.47 Å². The van der Waals surface area contributed by atoms with Gasteiger partial charge in [0.1, 0.15) is 4.32 Å². The molecule has 0 N–H and O–H groups in total.